The van der Waals surface area contributed by atoms with Crippen LogP contribution in [0.4, 0.5) is 0 Å². The highest BCUT2D eigenvalue weighted by atomic mass is 79.9. The van der Waals surface area contributed by atoms with Crippen LogP contribution < -0.4 is 20.2 Å². The summed E-state index contributed by atoms with van der Waals surface area (Å²) in [6.45, 7) is 5.04. The minimum Gasteiger partial charge on any atom is -0.490 e. The van der Waals surface area contributed by atoms with Gasteiger partial charge in [-0.25, -0.2) is 0 Å². The predicted octanol–water partition coefficient (Wildman–Crippen LogP) is 4.38. The van der Waals surface area contributed by atoms with Crippen LogP contribution in [0.15, 0.2) is 21.7 Å². The molecular formula is C18H26BrN3O2S. The van der Waals surface area contributed by atoms with E-state index in [4.69, 9.17) is 21.7 Å². The summed E-state index contributed by atoms with van der Waals surface area (Å²) in [7, 11) is 0. The molecule has 0 amide bonds. The van der Waals surface area contributed by atoms with Gasteiger partial charge in [-0.3, -0.25) is 5.43 Å². The number of hydrogen-bond donors (Lipinski definition) is 2. The molecule has 0 bridgehead atoms. The van der Waals surface area contributed by atoms with Crippen molar-refractivity contribution in [3.8, 4) is 11.5 Å². The molecule has 0 aliphatic heterocycles. The fourth-order valence-corrected chi connectivity index (χ4v) is 3.63. The summed E-state index contributed by atoms with van der Waals surface area (Å²) in [6.07, 6.45) is 7.93. The van der Waals surface area contributed by atoms with Crippen molar-refractivity contribution in [1.82, 2.24) is 10.7 Å². The third kappa shape index (κ3) is 6.47. The van der Waals surface area contributed by atoms with E-state index in [0.717, 1.165) is 10.0 Å². The molecule has 1 aliphatic rings. The second-order valence-corrected chi connectivity index (χ2v) is 7.14. The van der Waals surface area contributed by atoms with Gasteiger partial charge in [0.25, 0.3) is 0 Å². The van der Waals surface area contributed by atoms with Crippen molar-refractivity contribution < 1.29 is 9.47 Å². The highest BCUT2D eigenvalue weighted by molar-refractivity contribution is 9.10. The Labute approximate surface area is 163 Å². The molecule has 25 heavy (non-hydrogen) atoms. The number of halogens is 1. The lowest BCUT2D eigenvalue weighted by Gasteiger charge is -2.23. The molecule has 0 atom stereocenters. The molecule has 0 aromatic heterocycles. The summed E-state index contributed by atoms with van der Waals surface area (Å²) in [5.74, 6) is 1.41. The summed E-state index contributed by atoms with van der Waals surface area (Å²) in [6, 6.07) is 4.31. The topological polar surface area (TPSA) is 54.9 Å². The van der Waals surface area contributed by atoms with Crippen molar-refractivity contribution in [3.05, 3.63) is 22.2 Å². The van der Waals surface area contributed by atoms with Crippen molar-refractivity contribution in [2.24, 2.45) is 5.10 Å². The molecule has 0 spiro atoms. The Hall–Kier alpha value is -1.34. The number of hydrogen-bond acceptors (Lipinski definition) is 4. The number of rotatable bonds is 7. The van der Waals surface area contributed by atoms with Gasteiger partial charge in [-0.2, -0.15) is 5.10 Å². The molecule has 2 N–H and O–H groups in total. The van der Waals surface area contributed by atoms with Gasteiger partial charge in [0.15, 0.2) is 16.6 Å². The number of thiocarbonyl (C=S) groups is 1. The Bertz CT molecular complexity index is 604. The molecule has 7 heteroatoms. The van der Waals surface area contributed by atoms with E-state index in [0.29, 0.717) is 35.9 Å². The smallest absolute Gasteiger partial charge is 0.187 e. The lowest BCUT2D eigenvalue weighted by molar-refractivity contribution is 0.286. The van der Waals surface area contributed by atoms with E-state index >= 15 is 0 Å². The van der Waals surface area contributed by atoms with Crippen LogP contribution in [0.5, 0.6) is 11.5 Å². The van der Waals surface area contributed by atoms with Crippen LogP contribution in [-0.4, -0.2) is 30.6 Å². The molecule has 1 aromatic carbocycles. The molecule has 138 valence electrons. The highest BCUT2D eigenvalue weighted by Gasteiger charge is 2.14. The first-order chi connectivity index (χ1) is 12.1. The Morgan fingerprint density at radius 1 is 1.24 bits per heavy atom. The fraction of sp³-hybridized carbons (Fsp3) is 0.556. The molecule has 5 nitrogen and oxygen atoms in total. The first kappa shape index (κ1) is 20.0. The maximum absolute atomic E-state index is 5.66. The molecule has 1 saturated carbocycles. The molecule has 0 saturated heterocycles. The van der Waals surface area contributed by atoms with E-state index in [1.165, 1.54) is 32.1 Å². The van der Waals surface area contributed by atoms with E-state index in [1.54, 1.807) is 6.21 Å². The molecular weight excluding hydrogens is 402 g/mol. The maximum Gasteiger partial charge on any atom is 0.187 e. The van der Waals surface area contributed by atoms with Crippen LogP contribution in [0.2, 0.25) is 0 Å². The summed E-state index contributed by atoms with van der Waals surface area (Å²) in [4.78, 5) is 0. The molecule has 2 rings (SSSR count). The van der Waals surface area contributed by atoms with Gasteiger partial charge in [-0.05, 0) is 72.5 Å². The highest BCUT2D eigenvalue weighted by Crippen LogP contribution is 2.36. The number of nitrogens with one attached hydrogen (secondary N) is 2. The van der Waals surface area contributed by atoms with Crippen molar-refractivity contribution in [2.45, 2.75) is 52.0 Å². The maximum atomic E-state index is 5.66. The zero-order chi connectivity index (χ0) is 18.1. The van der Waals surface area contributed by atoms with E-state index in [9.17, 15) is 0 Å². The lowest BCUT2D eigenvalue weighted by atomic mass is 9.96. The summed E-state index contributed by atoms with van der Waals surface area (Å²) < 4.78 is 12.1. The van der Waals surface area contributed by atoms with Crippen LogP contribution in [0.1, 0.15) is 51.5 Å². The van der Waals surface area contributed by atoms with Gasteiger partial charge in [0, 0.05) is 6.04 Å². The van der Waals surface area contributed by atoms with Crippen LogP contribution in [0.3, 0.4) is 0 Å². The minimum absolute atomic E-state index is 0.466. The van der Waals surface area contributed by atoms with E-state index in [2.05, 4.69) is 31.8 Å². The standard InChI is InChI=1S/C18H26BrN3O2S/c1-3-23-16-11-13(10-15(19)17(16)24-4-2)12-20-22-18(25)21-14-8-6-5-7-9-14/h10-12,14H,3-9H2,1-2H3,(H2,21,22,25)/b20-12-. The third-order valence-corrected chi connectivity index (χ3v) is 4.74. The van der Waals surface area contributed by atoms with E-state index in [1.807, 2.05) is 26.0 Å². The summed E-state index contributed by atoms with van der Waals surface area (Å²) in [5, 5.41) is 8.12. The quantitative estimate of drug-likeness (QED) is 0.384. The second-order valence-electron chi connectivity index (χ2n) is 5.87. The normalized spacial score (nSPS) is 15.2. The predicted molar refractivity (Wildman–Crippen MR) is 110 cm³/mol. The summed E-state index contributed by atoms with van der Waals surface area (Å²) >= 11 is 8.84. The van der Waals surface area contributed by atoms with Gasteiger partial charge < -0.3 is 14.8 Å². The third-order valence-electron chi connectivity index (χ3n) is 3.94. The second kappa shape index (κ2) is 10.6. The number of nitrogens with zero attached hydrogens (tertiary/aromatic N) is 1. The lowest BCUT2D eigenvalue weighted by Crippen LogP contribution is -2.40. The SMILES string of the molecule is CCOc1cc(/C=N\NC(=S)NC2CCCCC2)cc(Br)c1OCC. The van der Waals surface area contributed by atoms with Crippen LogP contribution in [-0.2, 0) is 0 Å². The molecule has 1 fully saturated rings. The van der Waals surface area contributed by atoms with Gasteiger partial charge in [0.2, 0.25) is 0 Å². The largest absolute Gasteiger partial charge is 0.490 e. The summed E-state index contributed by atoms with van der Waals surface area (Å²) in [5.41, 5.74) is 3.79. The first-order valence-corrected chi connectivity index (χ1v) is 10.0. The average Bonchev–Trinajstić information content (AvgIpc) is 2.59. The van der Waals surface area contributed by atoms with Gasteiger partial charge in [0.1, 0.15) is 0 Å². The van der Waals surface area contributed by atoms with Gasteiger partial charge in [-0.1, -0.05) is 19.3 Å². The van der Waals surface area contributed by atoms with Crippen molar-refractivity contribution in [3.63, 3.8) is 0 Å². The van der Waals surface area contributed by atoms with Gasteiger partial charge in [0.05, 0.1) is 23.9 Å². The van der Waals surface area contributed by atoms with Crippen molar-refractivity contribution in [1.29, 1.82) is 0 Å². The number of benzene rings is 1. The zero-order valence-corrected chi connectivity index (χ0v) is 17.2. The van der Waals surface area contributed by atoms with Gasteiger partial charge >= 0.3 is 0 Å². The van der Waals surface area contributed by atoms with Crippen molar-refractivity contribution in [2.75, 3.05) is 13.2 Å². The Morgan fingerprint density at radius 2 is 1.96 bits per heavy atom. The first-order valence-electron chi connectivity index (χ1n) is 8.82. The Kier molecular flexibility index (Phi) is 8.48. The van der Waals surface area contributed by atoms with E-state index in [-0.39, 0.29) is 0 Å². The van der Waals surface area contributed by atoms with Crippen molar-refractivity contribution >= 4 is 39.5 Å². The number of hydrazone groups is 1. The average molecular weight is 428 g/mol. The monoisotopic (exact) mass is 427 g/mol. The molecule has 1 aromatic rings. The van der Waals surface area contributed by atoms with E-state index < -0.39 is 0 Å². The van der Waals surface area contributed by atoms with Gasteiger partial charge in [-0.15, -0.1) is 0 Å². The Balaban J connectivity index is 1.96. The molecule has 0 heterocycles. The van der Waals surface area contributed by atoms with Crippen LogP contribution in [0.25, 0.3) is 0 Å². The fourth-order valence-electron chi connectivity index (χ4n) is 2.84. The van der Waals surface area contributed by atoms with Crippen LogP contribution in [0, 0.1) is 0 Å². The minimum atomic E-state index is 0.466. The zero-order valence-electron chi connectivity index (χ0n) is 14.8. The number of ether oxygens (including phenoxy) is 2. The Morgan fingerprint density at radius 3 is 2.64 bits per heavy atom. The molecule has 0 unspecified atom stereocenters. The molecule has 0 radical (unpaired) electrons. The molecule has 1 aliphatic carbocycles. The van der Waals surface area contributed by atoms with Crippen LogP contribution >= 0.6 is 28.1 Å².